The van der Waals surface area contributed by atoms with E-state index in [4.69, 9.17) is 4.74 Å². The summed E-state index contributed by atoms with van der Waals surface area (Å²) in [7, 11) is 0. The first kappa shape index (κ1) is 12.5. The van der Waals surface area contributed by atoms with Crippen molar-refractivity contribution < 1.29 is 19.6 Å². The lowest BCUT2D eigenvalue weighted by Crippen LogP contribution is -2.52. The predicted molar refractivity (Wildman–Crippen MR) is 61.2 cm³/mol. The third kappa shape index (κ3) is 2.05. The lowest BCUT2D eigenvalue weighted by atomic mass is 9.92. The van der Waals surface area contributed by atoms with E-state index in [1.165, 1.54) is 24.3 Å². The molecule has 2 rings (SSSR count). The van der Waals surface area contributed by atoms with E-state index in [0.29, 0.717) is 12.1 Å². The van der Waals surface area contributed by atoms with E-state index in [1.807, 2.05) is 0 Å². The summed E-state index contributed by atoms with van der Waals surface area (Å²) in [6.07, 6.45) is 0. The fourth-order valence-electron chi connectivity index (χ4n) is 1.91. The zero-order valence-corrected chi connectivity index (χ0v) is 9.46. The highest BCUT2D eigenvalue weighted by atomic mass is 16.6. The SMILES string of the molecule is O=C(O)C1(c2ccc([N+](=O)[O-])cc2)CNCCO1. The summed E-state index contributed by atoms with van der Waals surface area (Å²) in [5.41, 5.74) is -1.15. The molecule has 1 aliphatic rings. The second-order valence-corrected chi connectivity index (χ2v) is 3.96. The molecule has 18 heavy (non-hydrogen) atoms. The number of nitro benzene ring substituents is 1. The average Bonchev–Trinajstić information content (AvgIpc) is 2.39. The Bertz CT molecular complexity index is 465. The molecule has 2 N–H and O–H groups in total. The van der Waals surface area contributed by atoms with E-state index >= 15 is 0 Å². The minimum absolute atomic E-state index is 0.0805. The molecule has 1 fully saturated rings. The summed E-state index contributed by atoms with van der Waals surface area (Å²) < 4.78 is 5.38. The molecular formula is C11H12N2O5. The Kier molecular flexibility index (Phi) is 3.26. The number of ether oxygens (including phenoxy) is 1. The van der Waals surface area contributed by atoms with Gasteiger partial charge in [0.05, 0.1) is 11.5 Å². The fourth-order valence-corrected chi connectivity index (χ4v) is 1.91. The molecule has 0 bridgehead atoms. The molecule has 0 aromatic heterocycles. The molecule has 1 heterocycles. The quantitative estimate of drug-likeness (QED) is 0.599. The molecule has 7 heteroatoms. The average molecular weight is 252 g/mol. The molecule has 1 aliphatic heterocycles. The van der Waals surface area contributed by atoms with E-state index in [1.54, 1.807) is 0 Å². The van der Waals surface area contributed by atoms with Gasteiger partial charge in [-0.05, 0) is 17.7 Å². The molecule has 1 saturated heterocycles. The maximum absolute atomic E-state index is 11.4. The molecular weight excluding hydrogens is 240 g/mol. The van der Waals surface area contributed by atoms with Crippen LogP contribution in [0, 0.1) is 10.1 Å². The van der Waals surface area contributed by atoms with Gasteiger partial charge < -0.3 is 15.2 Å². The van der Waals surface area contributed by atoms with Gasteiger partial charge in [0.2, 0.25) is 5.60 Å². The van der Waals surface area contributed by atoms with Crippen LogP contribution in [0.25, 0.3) is 0 Å². The van der Waals surface area contributed by atoms with Crippen LogP contribution in [0.5, 0.6) is 0 Å². The third-order valence-electron chi connectivity index (χ3n) is 2.89. The van der Waals surface area contributed by atoms with Crippen LogP contribution in [0.1, 0.15) is 5.56 Å². The maximum Gasteiger partial charge on any atom is 0.342 e. The van der Waals surface area contributed by atoms with Crippen molar-refractivity contribution in [2.75, 3.05) is 19.7 Å². The van der Waals surface area contributed by atoms with Gasteiger partial charge in [-0.15, -0.1) is 0 Å². The number of non-ortho nitro benzene ring substituents is 1. The third-order valence-corrected chi connectivity index (χ3v) is 2.89. The zero-order chi connectivity index (χ0) is 13.2. The van der Waals surface area contributed by atoms with Gasteiger partial charge in [0, 0.05) is 25.2 Å². The Morgan fingerprint density at radius 1 is 1.44 bits per heavy atom. The van der Waals surface area contributed by atoms with Crippen molar-refractivity contribution in [3.63, 3.8) is 0 Å². The summed E-state index contributed by atoms with van der Waals surface area (Å²) in [6.45, 7) is 1.01. The number of benzene rings is 1. The predicted octanol–water partition coefficient (Wildman–Crippen LogP) is 0.494. The number of nitrogens with one attached hydrogen (secondary N) is 1. The molecule has 1 atom stereocenters. The van der Waals surface area contributed by atoms with Crippen molar-refractivity contribution in [3.8, 4) is 0 Å². The normalized spacial score (nSPS) is 23.6. The molecule has 96 valence electrons. The Labute approximate surface area is 103 Å². The van der Waals surface area contributed by atoms with Crippen LogP contribution >= 0.6 is 0 Å². The number of carboxylic acid groups (broad SMARTS) is 1. The Balaban J connectivity index is 2.37. The number of rotatable bonds is 3. The van der Waals surface area contributed by atoms with Crippen LogP contribution < -0.4 is 5.32 Å². The monoisotopic (exact) mass is 252 g/mol. The van der Waals surface area contributed by atoms with E-state index < -0.39 is 16.5 Å². The first-order valence-electron chi connectivity index (χ1n) is 5.39. The van der Waals surface area contributed by atoms with Crippen molar-refractivity contribution in [1.29, 1.82) is 0 Å². The Morgan fingerprint density at radius 2 is 2.11 bits per heavy atom. The summed E-state index contributed by atoms with van der Waals surface area (Å²) >= 11 is 0. The molecule has 1 aromatic carbocycles. The van der Waals surface area contributed by atoms with Gasteiger partial charge >= 0.3 is 5.97 Å². The standard InChI is InChI=1S/C11H12N2O5/c14-10(15)11(7-12-5-6-18-11)8-1-3-9(4-2-8)13(16)17/h1-4,12H,5-7H2,(H,14,15). The summed E-state index contributed by atoms with van der Waals surface area (Å²) in [6, 6.07) is 5.38. The second kappa shape index (κ2) is 4.71. The summed E-state index contributed by atoms with van der Waals surface area (Å²) in [5.74, 6) is -1.11. The first-order valence-corrected chi connectivity index (χ1v) is 5.39. The molecule has 0 amide bonds. The minimum atomic E-state index is -1.46. The fraction of sp³-hybridized carbons (Fsp3) is 0.364. The molecule has 1 unspecified atom stereocenters. The van der Waals surface area contributed by atoms with Crippen LogP contribution in [0.2, 0.25) is 0 Å². The van der Waals surface area contributed by atoms with Crippen molar-refractivity contribution in [2.45, 2.75) is 5.60 Å². The van der Waals surface area contributed by atoms with Crippen LogP contribution in [0.15, 0.2) is 24.3 Å². The molecule has 0 aliphatic carbocycles. The molecule has 7 nitrogen and oxygen atoms in total. The first-order chi connectivity index (χ1) is 8.56. The summed E-state index contributed by atoms with van der Waals surface area (Å²) in [5, 5.41) is 22.8. The van der Waals surface area contributed by atoms with Gasteiger partial charge in [-0.2, -0.15) is 0 Å². The number of morpholine rings is 1. The van der Waals surface area contributed by atoms with E-state index in [2.05, 4.69) is 5.32 Å². The van der Waals surface area contributed by atoms with Crippen molar-refractivity contribution in [3.05, 3.63) is 39.9 Å². The van der Waals surface area contributed by atoms with Gasteiger partial charge in [-0.3, -0.25) is 10.1 Å². The largest absolute Gasteiger partial charge is 0.479 e. The van der Waals surface area contributed by atoms with Crippen molar-refractivity contribution in [1.82, 2.24) is 5.32 Å². The second-order valence-electron chi connectivity index (χ2n) is 3.96. The van der Waals surface area contributed by atoms with Crippen LogP contribution in [-0.4, -0.2) is 35.7 Å². The van der Waals surface area contributed by atoms with E-state index in [-0.39, 0.29) is 18.8 Å². The topological polar surface area (TPSA) is 102 Å². The minimum Gasteiger partial charge on any atom is -0.479 e. The van der Waals surface area contributed by atoms with Crippen molar-refractivity contribution >= 4 is 11.7 Å². The Morgan fingerprint density at radius 3 is 2.56 bits per heavy atom. The lowest BCUT2D eigenvalue weighted by Gasteiger charge is -2.34. The van der Waals surface area contributed by atoms with Gasteiger partial charge in [-0.25, -0.2) is 4.79 Å². The number of carboxylic acids is 1. The number of hydrogen-bond acceptors (Lipinski definition) is 5. The Hall–Kier alpha value is -1.99. The lowest BCUT2D eigenvalue weighted by molar-refractivity contribution is -0.384. The number of carbonyl (C=O) groups is 1. The van der Waals surface area contributed by atoms with Crippen LogP contribution in [0.3, 0.4) is 0 Å². The number of nitrogens with zero attached hydrogens (tertiary/aromatic N) is 1. The van der Waals surface area contributed by atoms with Crippen molar-refractivity contribution in [2.24, 2.45) is 0 Å². The van der Waals surface area contributed by atoms with E-state index in [9.17, 15) is 20.0 Å². The zero-order valence-electron chi connectivity index (χ0n) is 9.46. The maximum atomic E-state index is 11.4. The van der Waals surface area contributed by atoms with Gasteiger partial charge in [0.1, 0.15) is 0 Å². The highest BCUT2D eigenvalue weighted by molar-refractivity contribution is 5.80. The van der Waals surface area contributed by atoms with E-state index in [0.717, 1.165) is 0 Å². The molecule has 0 spiro atoms. The molecule has 0 radical (unpaired) electrons. The highest BCUT2D eigenvalue weighted by Crippen LogP contribution is 2.29. The number of aliphatic carboxylic acids is 1. The molecule has 0 saturated carbocycles. The molecule has 1 aromatic rings. The number of nitro groups is 1. The van der Waals surface area contributed by atoms with Crippen LogP contribution in [-0.2, 0) is 15.1 Å². The smallest absolute Gasteiger partial charge is 0.342 e. The van der Waals surface area contributed by atoms with Gasteiger partial charge in [0.25, 0.3) is 5.69 Å². The highest BCUT2D eigenvalue weighted by Gasteiger charge is 2.43. The van der Waals surface area contributed by atoms with Crippen LogP contribution in [0.4, 0.5) is 5.69 Å². The summed E-state index contributed by atoms with van der Waals surface area (Å²) in [4.78, 5) is 21.4. The van der Waals surface area contributed by atoms with Gasteiger partial charge in [0.15, 0.2) is 0 Å². The number of hydrogen-bond donors (Lipinski definition) is 2. The van der Waals surface area contributed by atoms with Gasteiger partial charge in [-0.1, -0.05) is 0 Å².